The highest BCUT2D eigenvalue weighted by Crippen LogP contribution is 2.43. The van der Waals surface area contributed by atoms with Crippen molar-refractivity contribution >= 4 is 11.9 Å². The number of carbonyl (C=O) groups is 2. The Hall–Kier alpha value is -2.66. The summed E-state index contributed by atoms with van der Waals surface area (Å²) in [5, 5.41) is 2.49. The third-order valence-electron chi connectivity index (χ3n) is 4.59. The van der Waals surface area contributed by atoms with Gasteiger partial charge in [-0.3, -0.25) is 4.79 Å². The number of quaternary nitrogens is 1. The molecule has 0 aromatic heterocycles. The number of likely N-dealkylation sites (N-methyl/N-ethyl adjacent to an activating group) is 1. The fraction of sp³-hybridized carbons (Fsp3) is 0.222. The minimum Gasteiger partial charge on any atom is -0.497 e. The standard InChI is InChI=1S/C18H18N2O3/c1-20(2)17(22)19-16(21)18(20,13-7-5-4-6-8-13)14-9-11-15(23-3)12-10-14/h4-12H,1-3H3/p+1. The van der Waals surface area contributed by atoms with Crippen LogP contribution < -0.4 is 10.1 Å². The number of hydrogen-bond donors (Lipinski definition) is 1. The van der Waals surface area contributed by atoms with Crippen molar-refractivity contribution in [1.82, 2.24) is 5.32 Å². The van der Waals surface area contributed by atoms with E-state index in [9.17, 15) is 9.59 Å². The van der Waals surface area contributed by atoms with E-state index in [1.54, 1.807) is 33.3 Å². The maximum atomic E-state index is 12.9. The Morgan fingerprint density at radius 1 is 0.913 bits per heavy atom. The molecule has 23 heavy (non-hydrogen) atoms. The number of nitrogens with zero attached hydrogens (tertiary/aromatic N) is 1. The summed E-state index contributed by atoms with van der Waals surface area (Å²) in [4.78, 5) is 25.3. The van der Waals surface area contributed by atoms with Crippen molar-refractivity contribution in [1.29, 1.82) is 0 Å². The summed E-state index contributed by atoms with van der Waals surface area (Å²) in [5.74, 6) is 0.385. The molecule has 1 heterocycles. The summed E-state index contributed by atoms with van der Waals surface area (Å²) in [6.07, 6.45) is 0. The van der Waals surface area contributed by atoms with E-state index in [4.69, 9.17) is 4.74 Å². The number of hydrogen-bond acceptors (Lipinski definition) is 3. The molecule has 3 rings (SSSR count). The molecule has 118 valence electrons. The van der Waals surface area contributed by atoms with Gasteiger partial charge in [-0.1, -0.05) is 30.3 Å². The molecule has 1 N–H and O–H groups in total. The lowest BCUT2D eigenvalue weighted by molar-refractivity contribution is -0.848. The topological polar surface area (TPSA) is 55.4 Å². The van der Waals surface area contributed by atoms with Crippen LogP contribution in [0.5, 0.6) is 5.75 Å². The van der Waals surface area contributed by atoms with Crippen molar-refractivity contribution < 1.29 is 18.8 Å². The Bertz CT molecular complexity index is 754. The molecule has 0 spiro atoms. The van der Waals surface area contributed by atoms with Gasteiger partial charge in [-0.2, -0.15) is 0 Å². The average Bonchev–Trinajstić information content (AvgIpc) is 2.74. The van der Waals surface area contributed by atoms with Crippen LogP contribution in [0.3, 0.4) is 0 Å². The predicted octanol–water partition coefficient (Wildman–Crippen LogP) is 2.26. The molecule has 5 nitrogen and oxygen atoms in total. The lowest BCUT2D eigenvalue weighted by atomic mass is 9.80. The first-order valence-electron chi connectivity index (χ1n) is 7.34. The van der Waals surface area contributed by atoms with Crippen LogP contribution in [0, 0.1) is 0 Å². The first-order valence-corrected chi connectivity index (χ1v) is 7.34. The van der Waals surface area contributed by atoms with Gasteiger partial charge in [0, 0.05) is 11.1 Å². The second kappa shape index (κ2) is 5.21. The zero-order valence-electron chi connectivity index (χ0n) is 13.4. The zero-order valence-corrected chi connectivity index (χ0v) is 13.4. The van der Waals surface area contributed by atoms with Gasteiger partial charge >= 0.3 is 11.9 Å². The second-order valence-corrected chi connectivity index (χ2v) is 6.02. The molecule has 2 aromatic carbocycles. The maximum Gasteiger partial charge on any atom is 0.424 e. The minimum absolute atomic E-state index is 0.123. The predicted molar refractivity (Wildman–Crippen MR) is 85.9 cm³/mol. The van der Waals surface area contributed by atoms with Crippen LogP contribution in [0.1, 0.15) is 11.1 Å². The maximum absolute atomic E-state index is 12.9. The average molecular weight is 311 g/mol. The Morgan fingerprint density at radius 3 is 1.96 bits per heavy atom. The van der Waals surface area contributed by atoms with Gasteiger partial charge < -0.3 is 4.74 Å². The van der Waals surface area contributed by atoms with E-state index in [1.807, 2.05) is 42.5 Å². The van der Waals surface area contributed by atoms with E-state index < -0.39 is 5.54 Å². The summed E-state index contributed by atoms with van der Waals surface area (Å²) >= 11 is 0. The Balaban J connectivity index is 2.31. The van der Waals surface area contributed by atoms with Gasteiger partial charge in [-0.05, 0) is 24.3 Å². The van der Waals surface area contributed by atoms with Crippen LogP contribution in [0.25, 0.3) is 0 Å². The fourth-order valence-corrected chi connectivity index (χ4v) is 3.32. The Kier molecular flexibility index (Phi) is 3.45. The lowest BCUT2D eigenvalue weighted by Gasteiger charge is -2.38. The van der Waals surface area contributed by atoms with Crippen LogP contribution in [0.15, 0.2) is 54.6 Å². The number of benzene rings is 2. The molecule has 0 radical (unpaired) electrons. The number of methoxy groups -OCH3 is 1. The molecular formula is C18H19N2O3+. The molecular weight excluding hydrogens is 292 g/mol. The van der Waals surface area contributed by atoms with E-state index in [1.165, 1.54) is 0 Å². The molecule has 2 aromatic rings. The Labute approximate surface area is 135 Å². The smallest absolute Gasteiger partial charge is 0.424 e. The normalized spacial score (nSPS) is 22.7. The van der Waals surface area contributed by atoms with Gasteiger partial charge in [-0.25, -0.2) is 14.6 Å². The molecule has 1 atom stereocenters. The summed E-state index contributed by atoms with van der Waals surface area (Å²) in [7, 11) is 5.09. The number of urea groups is 1. The molecule has 1 aliphatic rings. The minimum atomic E-state index is -1.12. The van der Waals surface area contributed by atoms with Gasteiger partial charge in [0.15, 0.2) is 0 Å². The molecule has 0 saturated carbocycles. The van der Waals surface area contributed by atoms with Gasteiger partial charge in [-0.15, -0.1) is 0 Å². The highest BCUT2D eigenvalue weighted by molar-refractivity contribution is 6.05. The first kappa shape index (κ1) is 15.2. The molecule has 0 aliphatic carbocycles. The third-order valence-corrected chi connectivity index (χ3v) is 4.59. The first-order chi connectivity index (χ1) is 10.9. The highest BCUT2D eigenvalue weighted by atomic mass is 16.5. The second-order valence-electron chi connectivity index (χ2n) is 6.02. The van der Waals surface area contributed by atoms with Gasteiger partial charge in [0.2, 0.25) is 5.54 Å². The molecule has 0 bridgehead atoms. The van der Waals surface area contributed by atoms with Crippen LogP contribution in [0.2, 0.25) is 0 Å². The van der Waals surface area contributed by atoms with Crippen molar-refractivity contribution in [3.05, 3.63) is 65.7 Å². The monoisotopic (exact) mass is 311 g/mol. The van der Waals surface area contributed by atoms with Crippen molar-refractivity contribution in [2.45, 2.75) is 5.54 Å². The van der Waals surface area contributed by atoms with Gasteiger partial charge in [0.1, 0.15) is 5.75 Å². The van der Waals surface area contributed by atoms with Gasteiger partial charge in [0.05, 0.1) is 21.2 Å². The number of amides is 3. The van der Waals surface area contributed by atoms with E-state index in [0.29, 0.717) is 5.75 Å². The summed E-state index contributed by atoms with van der Waals surface area (Å²) in [6.45, 7) is 0. The quantitative estimate of drug-likeness (QED) is 0.699. The Morgan fingerprint density at radius 2 is 1.48 bits per heavy atom. The van der Waals surface area contributed by atoms with E-state index in [0.717, 1.165) is 11.1 Å². The molecule has 5 heteroatoms. The van der Waals surface area contributed by atoms with Crippen LogP contribution >= 0.6 is 0 Å². The SMILES string of the molecule is COc1ccc(C2(c3ccccc3)C(=O)NC(=O)[N+]2(C)C)cc1. The number of rotatable bonds is 3. The van der Waals surface area contributed by atoms with Crippen molar-refractivity contribution in [2.24, 2.45) is 0 Å². The van der Waals surface area contributed by atoms with Crippen LogP contribution in [-0.2, 0) is 10.3 Å². The third kappa shape index (κ3) is 1.97. The van der Waals surface area contributed by atoms with E-state index >= 15 is 0 Å². The largest absolute Gasteiger partial charge is 0.497 e. The van der Waals surface area contributed by atoms with Gasteiger partial charge in [0.25, 0.3) is 0 Å². The molecule has 1 aliphatic heterocycles. The fourth-order valence-electron chi connectivity index (χ4n) is 3.32. The molecule has 1 saturated heterocycles. The van der Waals surface area contributed by atoms with E-state index in [2.05, 4.69) is 5.32 Å². The summed E-state index contributed by atoms with van der Waals surface area (Å²) in [5.41, 5.74) is 0.404. The number of nitrogens with one attached hydrogen (secondary N) is 1. The van der Waals surface area contributed by atoms with Crippen molar-refractivity contribution in [3.63, 3.8) is 0 Å². The molecule has 1 fully saturated rings. The molecule has 3 amide bonds. The van der Waals surface area contributed by atoms with E-state index in [-0.39, 0.29) is 16.4 Å². The summed E-state index contributed by atoms with van der Waals surface area (Å²) < 4.78 is 5.07. The highest BCUT2D eigenvalue weighted by Gasteiger charge is 2.65. The van der Waals surface area contributed by atoms with Crippen LogP contribution in [-0.4, -0.2) is 37.6 Å². The lowest BCUT2D eigenvalue weighted by Crippen LogP contribution is -2.58. The summed E-state index contributed by atoms with van der Waals surface area (Å²) in [6, 6.07) is 16.3. The zero-order chi connectivity index (χ0) is 16.7. The number of imide groups is 1. The van der Waals surface area contributed by atoms with Crippen LogP contribution in [0.4, 0.5) is 4.79 Å². The van der Waals surface area contributed by atoms with Crippen molar-refractivity contribution in [3.8, 4) is 5.75 Å². The van der Waals surface area contributed by atoms with Crippen molar-refractivity contribution in [2.75, 3.05) is 21.2 Å². The molecule has 1 unspecified atom stereocenters. The number of carbonyl (C=O) groups excluding carboxylic acids is 2. The number of ether oxygens (including phenoxy) is 1.